The molecule has 0 aliphatic rings. The zero-order chi connectivity index (χ0) is 37.8. The van der Waals surface area contributed by atoms with Crippen molar-refractivity contribution in [3.8, 4) is 11.8 Å². The van der Waals surface area contributed by atoms with Crippen LogP contribution in [0, 0.1) is 0 Å². The van der Waals surface area contributed by atoms with Gasteiger partial charge in [0.1, 0.15) is 0 Å². The molecule has 0 aliphatic heterocycles. The molecule has 2 amide bonds. The van der Waals surface area contributed by atoms with Crippen molar-refractivity contribution in [1.82, 2.24) is 20.4 Å². The minimum absolute atomic E-state index is 0.0291. The number of anilines is 2. The highest BCUT2D eigenvalue weighted by Crippen LogP contribution is 2.33. The van der Waals surface area contributed by atoms with Gasteiger partial charge < -0.3 is 20.1 Å². The molecule has 6 rings (SSSR count). The number of aromatic nitrogens is 4. The van der Waals surface area contributed by atoms with E-state index in [0.717, 1.165) is 24.3 Å². The number of amides is 2. The van der Waals surface area contributed by atoms with Gasteiger partial charge in [-0.05, 0) is 66.7 Å². The number of halogens is 8. The average Bonchev–Trinajstić information content (AvgIpc) is 3.11. The molecule has 4 aromatic carbocycles. The highest BCUT2D eigenvalue weighted by atomic mass is 35.5. The lowest BCUT2D eigenvalue weighted by atomic mass is 10.1. The Morgan fingerprint density at radius 3 is 1.44 bits per heavy atom. The molecular formula is C34H22Cl2F6N6O4. The smallest absolute Gasteiger partial charge is 0.416 e. The normalized spacial score (nSPS) is 11.4. The number of rotatable bonds is 6. The van der Waals surface area contributed by atoms with Crippen LogP contribution in [0.3, 0.4) is 0 Å². The summed E-state index contributed by atoms with van der Waals surface area (Å²) < 4.78 is 86.8. The molecule has 10 nitrogen and oxygen atoms in total. The van der Waals surface area contributed by atoms with Gasteiger partial charge in [-0.3, -0.25) is 9.59 Å². The lowest BCUT2D eigenvalue weighted by Crippen LogP contribution is -2.13. The van der Waals surface area contributed by atoms with Gasteiger partial charge in [-0.15, -0.1) is 20.4 Å². The number of nitrogens with zero attached hydrogens (tertiary/aromatic N) is 4. The Balaban J connectivity index is 0.000000201. The predicted octanol–water partition coefficient (Wildman–Crippen LogP) is 9.13. The van der Waals surface area contributed by atoms with Crippen molar-refractivity contribution in [2.75, 3.05) is 24.9 Å². The van der Waals surface area contributed by atoms with Gasteiger partial charge in [-0.25, -0.2) is 0 Å². The topological polar surface area (TPSA) is 128 Å². The molecule has 2 aromatic heterocycles. The fraction of sp³-hybridized carbons (Fsp3) is 0.118. The Bertz CT molecular complexity index is 2310. The van der Waals surface area contributed by atoms with Gasteiger partial charge in [0.2, 0.25) is 11.8 Å². The molecule has 0 bridgehead atoms. The van der Waals surface area contributed by atoms with Crippen molar-refractivity contribution in [2.45, 2.75) is 12.4 Å². The highest BCUT2D eigenvalue weighted by Gasteiger charge is 2.31. The molecule has 0 saturated carbocycles. The predicted molar refractivity (Wildman–Crippen MR) is 181 cm³/mol. The van der Waals surface area contributed by atoms with E-state index in [1.807, 2.05) is 0 Å². The second-order valence-electron chi connectivity index (χ2n) is 10.6. The largest absolute Gasteiger partial charge is 0.479 e. The Morgan fingerprint density at radius 1 is 0.558 bits per heavy atom. The molecule has 6 aromatic rings. The third kappa shape index (κ3) is 8.58. The van der Waals surface area contributed by atoms with Gasteiger partial charge in [0, 0.05) is 44.0 Å². The summed E-state index contributed by atoms with van der Waals surface area (Å²) in [6, 6.07) is 17.8. The Labute approximate surface area is 299 Å². The summed E-state index contributed by atoms with van der Waals surface area (Å²) in [5, 5.41) is 22.1. The number of fused-ring (bicyclic) bond motifs is 2. The molecule has 18 heteroatoms. The molecule has 0 fully saturated rings. The summed E-state index contributed by atoms with van der Waals surface area (Å²) in [6.07, 6.45) is -8.99. The van der Waals surface area contributed by atoms with Gasteiger partial charge in [-0.2, -0.15) is 26.3 Å². The first kappa shape index (κ1) is 37.5. The fourth-order valence-corrected chi connectivity index (χ4v) is 5.13. The molecule has 268 valence electrons. The molecule has 0 saturated heterocycles. The van der Waals surface area contributed by atoms with Crippen LogP contribution >= 0.6 is 23.2 Å². The molecule has 0 spiro atoms. The molecule has 0 aliphatic carbocycles. The molecular weight excluding hydrogens is 741 g/mol. The minimum Gasteiger partial charge on any atom is -0.479 e. The number of alkyl halides is 6. The zero-order valence-corrected chi connectivity index (χ0v) is 28.0. The van der Waals surface area contributed by atoms with Crippen molar-refractivity contribution in [3.63, 3.8) is 0 Å². The number of carbonyl (C=O) groups excluding carboxylic acids is 2. The maximum atomic E-state index is 12.8. The fourth-order valence-electron chi connectivity index (χ4n) is 4.73. The number of hydrogen-bond acceptors (Lipinski definition) is 8. The lowest BCUT2D eigenvalue weighted by molar-refractivity contribution is -0.138. The Morgan fingerprint density at radius 2 is 0.981 bits per heavy atom. The summed E-state index contributed by atoms with van der Waals surface area (Å²) in [4.78, 5) is 24.8. The molecule has 2 heterocycles. The summed E-state index contributed by atoms with van der Waals surface area (Å²) >= 11 is 12.0. The van der Waals surface area contributed by atoms with E-state index in [1.54, 1.807) is 12.1 Å². The van der Waals surface area contributed by atoms with Crippen LogP contribution in [0.15, 0.2) is 84.9 Å². The maximum Gasteiger partial charge on any atom is 0.416 e. The van der Waals surface area contributed by atoms with Crippen molar-refractivity contribution >= 4 is 67.9 Å². The first-order valence-corrected chi connectivity index (χ1v) is 15.3. The van der Waals surface area contributed by atoms with Gasteiger partial charge in [0.05, 0.1) is 25.3 Å². The van der Waals surface area contributed by atoms with Crippen LogP contribution in [0.2, 0.25) is 10.3 Å². The number of carbonyl (C=O) groups is 2. The molecule has 52 heavy (non-hydrogen) atoms. The van der Waals surface area contributed by atoms with Crippen LogP contribution in [0.25, 0.3) is 21.5 Å². The first-order chi connectivity index (χ1) is 24.6. The summed E-state index contributed by atoms with van der Waals surface area (Å²) in [6.45, 7) is 0. The Kier molecular flexibility index (Phi) is 11.0. The van der Waals surface area contributed by atoms with Crippen LogP contribution in [0.4, 0.5) is 37.7 Å². The second-order valence-corrected chi connectivity index (χ2v) is 11.3. The van der Waals surface area contributed by atoms with E-state index in [2.05, 4.69) is 31.0 Å². The summed E-state index contributed by atoms with van der Waals surface area (Å²) in [5.41, 5.74) is -1.23. The maximum absolute atomic E-state index is 12.8. The van der Waals surface area contributed by atoms with Gasteiger partial charge in [0.15, 0.2) is 10.3 Å². The summed E-state index contributed by atoms with van der Waals surface area (Å²) in [5.74, 6) is -0.744. The van der Waals surface area contributed by atoms with E-state index in [-0.39, 0.29) is 44.6 Å². The quantitative estimate of drug-likeness (QED) is 0.161. The van der Waals surface area contributed by atoms with Gasteiger partial charge >= 0.3 is 12.4 Å². The van der Waals surface area contributed by atoms with Crippen LogP contribution in [0.1, 0.15) is 31.8 Å². The van der Waals surface area contributed by atoms with Crippen LogP contribution < -0.4 is 20.1 Å². The van der Waals surface area contributed by atoms with E-state index in [1.165, 1.54) is 62.8 Å². The second kappa shape index (κ2) is 15.2. The molecule has 0 radical (unpaired) electrons. The monoisotopic (exact) mass is 762 g/mol. The SMILES string of the molecule is COc1nnc(Cl)c2cc(C(=O)Nc3cccc(C(F)(F)F)c3)ccc12.COc1nnc(Cl)c2ccc(C(=O)Nc3cccc(C(F)(F)F)c3)cc12. The highest BCUT2D eigenvalue weighted by molar-refractivity contribution is 6.35. The minimum atomic E-state index is -4.49. The lowest BCUT2D eigenvalue weighted by Gasteiger charge is -2.11. The van der Waals surface area contributed by atoms with Crippen LogP contribution in [-0.2, 0) is 12.4 Å². The average molecular weight is 763 g/mol. The van der Waals surface area contributed by atoms with E-state index in [4.69, 9.17) is 32.7 Å². The standard InChI is InChI=1S/2C17H11ClF3N3O2/c1-26-16-12-6-5-9(7-13(12)14(18)23-24-16)15(25)22-11-4-2-3-10(8-11)17(19,20)21;1-26-16-13-7-9(5-6-12(13)14(18)23-24-16)15(25)22-11-4-2-3-10(8-11)17(19,20)21/h2*2-8H,1H3,(H,22,25). The Hall–Kier alpha value is -5.74. The number of ether oxygens (including phenoxy) is 2. The van der Waals surface area contributed by atoms with Crippen molar-refractivity contribution < 1.29 is 45.4 Å². The van der Waals surface area contributed by atoms with Crippen molar-refractivity contribution in [2.24, 2.45) is 0 Å². The van der Waals surface area contributed by atoms with E-state index < -0.39 is 35.3 Å². The van der Waals surface area contributed by atoms with Gasteiger partial charge in [0.25, 0.3) is 11.8 Å². The summed E-state index contributed by atoms with van der Waals surface area (Å²) in [7, 11) is 2.82. The third-order valence-corrected chi connectivity index (χ3v) is 7.77. The van der Waals surface area contributed by atoms with Crippen LogP contribution in [-0.4, -0.2) is 46.4 Å². The van der Waals surface area contributed by atoms with E-state index >= 15 is 0 Å². The van der Waals surface area contributed by atoms with Crippen LogP contribution in [0.5, 0.6) is 11.8 Å². The van der Waals surface area contributed by atoms with E-state index in [0.29, 0.717) is 21.5 Å². The number of hydrogen-bond donors (Lipinski definition) is 2. The number of methoxy groups -OCH3 is 2. The number of benzene rings is 4. The van der Waals surface area contributed by atoms with E-state index in [9.17, 15) is 35.9 Å². The van der Waals surface area contributed by atoms with Crippen molar-refractivity contribution in [1.29, 1.82) is 0 Å². The first-order valence-electron chi connectivity index (χ1n) is 14.6. The zero-order valence-electron chi connectivity index (χ0n) is 26.5. The number of nitrogens with one attached hydrogen (secondary N) is 2. The third-order valence-electron chi connectivity index (χ3n) is 7.21. The molecule has 2 N–H and O–H groups in total. The molecule has 0 atom stereocenters. The van der Waals surface area contributed by atoms with Gasteiger partial charge in [-0.1, -0.05) is 41.4 Å². The molecule has 0 unspecified atom stereocenters. The van der Waals surface area contributed by atoms with Crippen molar-refractivity contribution in [3.05, 3.63) is 117 Å².